The Bertz CT molecular complexity index is 375. The van der Waals surface area contributed by atoms with E-state index in [4.69, 9.17) is 14.2 Å². The van der Waals surface area contributed by atoms with E-state index in [2.05, 4.69) is 34.4 Å². The molecule has 2 fully saturated rings. The van der Waals surface area contributed by atoms with Gasteiger partial charge < -0.3 is 24.8 Å². The number of hydrogen-bond donors (Lipinski definition) is 2. The Hall–Kier alpha value is -0.160. The van der Waals surface area contributed by atoms with E-state index in [0.717, 1.165) is 65.0 Å². The molecule has 0 bridgehead atoms. The summed E-state index contributed by atoms with van der Waals surface area (Å²) in [7, 11) is 1.81. The van der Waals surface area contributed by atoms with Gasteiger partial charge in [0.15, 0.2) is 5.96 Å². The molecule has 2 heterocycles. The number of ether oxygens (including phenoxy) is 3. The maximum absolute atomic E-state index is 5.85. The zero-order chi connectivity index (χ0) is 17.2. The Balaban J connectivity index is 0.00000312. The van der Waals surface area contributed by atoms with Crippen LogP contribution in [0.4, 0.5) is 0 Å². The van der Waals surface area contributed by atoms with Crippen molar-refractivity contribution in [2.24, 2.45) is 10.9 Å². The molecule has 8 heteroatoms. The second-order valence-corrected chi connectivity index (χ2v) is 6.84. The predicted octanol–water partition coefficient (Wildman–Crippen LogP) is 0.932. The smallest absolute Gasteiger partial charge is 0.191 e. The minimum atomic E-state index is 0. The standard InChI is InChI=1S/C17H34N4O3.HI/c1-14(11-21-5-8-22-9-6-21)10-19-17(18-3)20-15(2)12-24-16-4-7-23-13-16;/h14-16H,4-13H2,1-3H3,(H2,18,19,20);1H. The molecular weight excluding hydrogens is 435 g/mol. The van der Waals surface area contributed by atoms with E-state index < -0.39 is 0 Å². The Morgan fingerprint density at radius 2 is 2.00 bits per heavy atom. The summed E-state index contributed by atoms with van der Waals surface area (Å²) in [6, 6.07) is 0.214. The maximum Gasteiger partial charge on any atom is 0.191 e. The molecule has 0 radical (unpaired) electrons. The van der Waals surface area contributed by atoms with Crippen LogP contribution in [0.3, 0.4) is 0 Å². The van der Waals surface area contributed by atoms with Gasteiger partial charge in [-0.3, -0.25) is 9.89 Å². The number of nitrogens with one attached hydrogen (secondary N) is 2. The van der Waals surface area contributed by atoms with Crippen molar-refractivity contribution in [1.82, 2.24) is 15.5 Å². The van der Waals surface area contributed by atoms with Crippen molar-refractivity contribution >= 4 is 29.9 Å². The first-order valence-electron chi connectivity index (χ1n) is 9.14. The highest BCUT2D eigenvalue weighted by Gasteiger charge is 2.18. The molecule has 2 N–H and O–H groups in total. The average Bonchev–Trinajstić information content (AvgIpc) is 3.11. The van der Waals surface area contributed by atoms with Gasteiger partial charge in [-0.25, -0.2) is 0 Å². The van der Waals surface area contributed by atoms with Crippen molar-refractivity contribution in [3.63, 3.8) is 0 Å². The predicted molar refractivity (Wildman–Crippen MR) is 111 cm³/mol. The van der Waals surface area contributed by atoms with Gasteiger partial charge in [-0.15, -0.1) is 24.0 Å². The first-order valence-corrected chi connectivity index (χ1v) is 9.14. The number of aliphatic imine (C=N–C) groups is 1. The molecule has 0 aliphatic carbocycles. The molecule has 0 amide bonds. The van der Waals surface area contributed by atoms with Crippen molar-refractivity contribution < 1.29 is 14.2 Å². The fourth-order valence-electron chi connectivity index (χ4n) is 2.95. The molecule has 0 aromatic rings. The summed E-state index contributed by atoms with van der Waals surface area (Å²) in [5.74, 6) is 1.39. The van der Waals surface area contributed by atoms with Crippen LogP contribution >= 0.6 is 24.0 Å². The molecule has 0 spiro atoms. The van der Waals surface area contributed by atoms with E-state index in [1.807, 2.05) is 0 Å². The fraction of sp³-hybridized carbons (Fsp3) is 0.941. The highest BCUT2D eigenvalue weighted by Crippen LogP contribution is 2.08. The summed E-state index contributed by atoms with van der Waals surface area (Å²) < 4.78 is 16.6. The van der Waals surface area contributed by atoms with Crippen molar-refractivity contribution in [3.05, 3.63) is 0 Å². The Kier molecular flexibility index (Phi) is 12.0. The molecule has 0 aromatic heterocycles. The normalized spacial score (nSPS) is 24.4. The Morgan fingerprint density at radius 3 is 2.64 bits per heavy atom. The Morgan fingerprint density at radius 1 is 1.24 bits per heavy atom. The molecule has 148 valence electrons. The molecule has 3 unspecified atom stereocenters. The molecule has 2 saturated heterocycles. The van der Waals surface area contributed by atoms with E-state index in [1.54, 1.807) is 7.05 Å². The van der Waals surface area contributed by atoms with Gasteiger partial charge in [-0.1, -0.05) is 6.92 Å². The van der Waals surface area contributed by atoms with Crippen molar-refractivity contribution in [2.75, 3.05) is 66.3 Å². The molecule has 0 saturated carbocycles. The van der Waals surface area contributed by atoms with Gasteiger partial charge >= 0.3 is 0 Å². The summed E-state index contributed by atoms with van der Waals surface area (Å²) >= 11 is 0. The third-order valence-electron chi connectivity index (χ3n) is 4.37. The lowest BCUT2D eigenvalue weighted by Gasteiger charge is -2.29. The number of rotatable bonds is 8. The van der Waals surface area contributed by atoms with Crippen LogP contribution in [-0.4, -0.2) is 89.3 Å². The summed E-state index contributed by atoms with van der Waals surface area (Å²) in [5, 5.41) is 6.81. The number of hydrogen-bond acceptors (Lipinski definition) is 5. The van der Waals surface area contributed by atoms with Crippen LogP contribution in [0.1, 0.15) is 20.3 Å². The zero-order valence-electron chi connectivity index (χ0n) is 15.8. The van der Waals surface area contributed by atoms with Gasteiger partial charge in [-0.2, -0.15) is 0 Å². The van der Waals surface area contributed by atoms with Gasteiger partial charge in [0.25, 0.3) is 0 Å². The molecular formula is C17H35IN4O3. The highest BCUT2D eigenvalue weighted by atomic mass is 127. The van der Waals surface area contributed by atoms with Gasteiger partial charge in [0.1, 0.15) is 0 Å². The van der Waals surface area contributed by atoms with Crippen LogP contribution in [0.5, 0.6) is 0 Å². The number of halogens is 1. The van der Waals surface area contributed by atoms with Crippen molar-refractivity contribution in [2.45, 2.75) is 32.4 Å². The summed E-state index contributed by atoms with van der Waals surface area (Å²) in [6.07, 6.45) is 1.25. The third-order valence-corrected chi connectivity index (χ3v) is 4.37. The highest BCUT2D eigenvalue weighted by molar-refractivity contribution is 14.0. The number of nitrogens with zero attached hydrogens (tertiary/aromatic N) is 2. The van der Waals surface area contributed by atoms with Gasteiger partial charge in [0.2, 0.25) is 0 Å². The average molecular weight is 470 g/mol. The van der Waals surface area contributed by atoms with Crippen LogP contribution in [0.15, 0.2) is 4.99 Å². The lowest BCUT2D eigenvalue weighted by molar-refractivity contribution is 0.0319. The van der Waals surface area contributed by atoms with E-state index >= 15 is 0 Å². The van der Waals surface area contributed by atoms with Crippen LogP contribution in [-0.2, 0) is 14.2 Å². The lowest BCUT2D eigenvalue weighted by Crippen LogP contribution is -2.47. The first-order chi connectivity index (χ1) is 11.7. The summed E-state index contributed by atoms with van der Waals surface area (Å²) in [5.41, 5.74) is 0. The molecule has 7 nitrogen and oxygen atoms in total. The second-order valence-electron chi connectivity index (χ2n) is 6.84. The quantitative estimate of drug-likeness (QED) is 0.313. The lowest BCUT2D eigenvalue weighted by atomic mass is 10.1. The van der Waals surface area contributed by atoms with Crippen molar-refractivity contribution in [3.8, 4) is 0 Å². The van der Waals surface area contributed by atoms with Crippen LogP contribution in [0.2, 0.25) is 0 Å². The van der Waals surface area contributed by atoms with Crippen LogP contribution in [0, 0.1) is 5.92 Å². The molecule has 2 aliphatic heterocycles. The van der Waals surface area contributed by atoms with Gasteiger partial charge in [-0.05, 0) is 19.3 Å². The number of morpholine rings is 1. The van der Waals surface area contributed by atoms with Gasteiger partial charge in [0, 0.05) is 45.9 Å². The van der Waals surface area contributed by atoms with Crippen LogP contribution in [0.25, 0.3) is 0 Å². The number of guanidine groups is 1. The SMILES string of the molecule is CN=C(NCC(C)CN1CCOCC1)NC(C)COC1CCOC1.I. The van der Waals surface area contributed by atoms with Crippen molar-refractivity contribution in [1.29, 1.82) is 0 Å². The molecule has 25 heavy (non-hydrogen) atoms. The minimum absolute atomic E-state index is 0. The molecule has 2 rings (SSSR count). The maximum atomic E-state index is 5.85. The van der Waals surface area contributed by atoms with Gasteiger partial charge in [0.05, 0.1) is 32.5 Å². The summed E-state index contributed by atoms with van der Waals surface area (Å²) in [6.45, 7) is 12.4. The minimum Gasteiger partial charge on any atom is -0.379 e. The molecule has 0 aromatic carbocycles. The van der Waals surface area contributed by atoms with E-state index in [1.165, 1.54) is 0 Å². The third kappa shape index (κ3) is 9.37. The molecule has 3 atom stereocenters. The van der Waals surface area contributed by atoms with Crippen LogP contribution < -0.4 is 10.6 Å². The topological polar surface area (TPSA) is 67.4 Å². The fourth-order valence-corrected chi connectivity index (χ4v) is 2.95. The molecule has 2 aliphatic rings. The van der Waals surface area contributed by atoms with E-state index in [9.17, 15) is 0 Å². The first kappa shape index (κ1) is 22.9. The largest absolute Gasteiger partial charge is 0.379 e. The van der Waals surface area contributed by atoms with E-state index in [-0.39, 0.29) is 36.1 Å². The van der Waals surface area contributed by atoms with E-state index in [0.29, 0.717) is 12.5 Å². The second kappa shape index (κ2) is 13.1. The summed E-state index contributed by atoms with van der Waals surface area (Å²) in [4.78, 5) is 6.77. The Labute approximate surface area is 169 Å². The monoisotopic (exact) mass is 470 g/mol. The zero-order valence-corrected chi connectivity index (χ0v) is 18.2.